The molecule has 1 aliphatic rings. The van der Waals surface area contributed by atoms with Gasteiger partial charge >= 0.3 is 6.03 Å². The summed E-state index contributed by atoms with van der Waals surface area (Å²) < 4.78 is 5.41. The molecule has 23 heavy (non-hydrogen) atoms. The summed E-state index contributed by atoms with van der Waals surface area (Å²) in [6, 6.07) is 4.21. The van der Waals surface area contributed by atoms with E-state index in [1.807, 2.05) is 13.8 Å². The van der Waals surface area contributed by atoms with Crippen LogP contribution in [-0.4, -0.2) is 40.4 Å². The fraction of sp³-hybridized carbons (Fsp3) is 0.438. The van der Waals surface area contributed by atoms with Gasteiger partial charge in [0.1, 0.15) is 17.0 Å². The molecule has 0 bridgehead atoms. The molecule has 0 saturated carbocycles. The van der Waals surface area contributed by atoms with Crippen molar-refractivity contribution in [1.82, 2.24) is 10.3 Å². The number of imide groups is 1. The van der Waals surface area contributed by atoms with Gasteiger partial charge in [-0.25, -0.2) is 4.79 Å². The number of benzene rings is 1. The first kappa shape index (κ1) is 16.8. The normalized spacial score (nSPS) is 21.1. The fourth-order valence-electron chi connectivity index (χ4n) is 2.08. The highest BCUT2D eigenvalue weighted by atomic mass is 16.5. The van der Waals surface area contributed by atoms with Crippen LogP contribution in [0.2, 0.25) is 0 Å². The first-order chi connectivity index (χ1) is 10.9. The SMILES string of the molecule is CCCOc1ccc(C=NN2C(=O)NC(C)(CC)C2=O)c(O)c1. The van der Waals surface area contributed by atoms with Crippen molar-refractivity contribution in [2.45, 2.75) is 39.2 Å². The molecule has 0 aliphatic carbocycles. The predicted octanol–water partition coefficient (Wildman–Crippen LogP) is 2.24. The first-order valence-electron chi connectivity index (χ1n) is 7.57. The molecule has 124 valence electrons. The van der Waals surface area contributed by atoms with Gasteiger partial charge in [-0.1, -0.05) is 13.8 Å². The maximum atomic E-state index is 12.2. The number of carbonyl (C=O) groups excluding carboxylic acids is 2. The van der Waals surface area contributed by atoms with Gasteiger partial charge in [0.05, 0.1) is 12.8 Å². The molecule has 3 amide bonds. The number of hydrogen-bond donors (Lipinski definition) is 2. The van der Waals surface area contributed by atoms with E-state index in [0.29, 0.717) is 24.3 Å². The molecule has 0 spiro atoms. The Morgan fingerprint density at radius 2 is 2.13 bits per heavy atom. The largest absolute Gasteiger partial charge is 0.507 e. The molecule has 1 aliphatic heterocycles. The van der Waals surface area contributed by atoms with Crippen LogP contribution in [0.4, 0.5) is 4.79 Å². The lowest BCUT2D eigenvalue weighted by atomic mass is 10.00. The van der Waals surface area contributed by atoms with Crippen molar-refractivity contribution >= 4 is 18.2 Å². The molecule has 1 atom stereocenters. The van der Waals surface area contributed by atoms with Crippen LogP contribution in [0, 0.1) is 0 Å². The summed E-state index contributed by atoms with van der Waals surface area (Å²) in [5, 5.41) is 17.3. The standard InChI is InChI=1S/C16H21N3O4/c1-4-8-23-12-7-6-11(13(20)9-12)10-17-19-14(21)16(3,5-2)18-15(19)22/h6-7,9-10,20H,4-5,8H2,1-3H3,(H,18,22). The minimum Gasteiger partial charge on any atom is -0.507 e. The van der Waals surface area contributed by atoms with Gasteiger partial charge in [-0.05, 0) is 31.9 Å². The first-order valence-corrected chi connectivity index (χ1v) is 7.57. The zero-order chi connectivity index (χ0) is 17.0. The van der Waals surface area contributed by atoms with Crippen molar-refractivity contribution in [3.05, 3.63) is 23.8 Å². The van der Waals surface area contributed by atoms with Crippen molar-refractivity contribution in [2.24, 2.45) is 5.10 Å². The van der Waals surface area contributed by atoms with Gasteiger partial charge in [0, 0.05) is 11.6 Å². The topological polar surface area (TPSA) is 91.2 Å². The second-order valence-electron chi connectivity index (χ2n) is 5.55. The van der Waals surface area contributed by atoms with E-state index < -0.39 is 17.5 Å². The number of phenols is 1. The van der Waals surface area contributed by atoms with Gasteiger partial charge in [-0.15, -0.1) is 5.01 Å². The van der Waals surface area contributed by atoms with Crippen LogP contribution in [0.5, 0.6) is 11.5 Å². The summed E-state index contributed by atoms with van der Waals surface area (Å²) >= 11 is 0. The third kappa shape index (κ3) is 3.44. The molecular formula is C16H21N3O4. The predicted molar refractivity (Wildman–Crippen MR) is 85.6 cm³/mol. The molecule has 7 nitrogen and oxygen atoms in total. The van der Waals surface area contributed by atoms with Crippen LogP contribution in [0.3, 0.4) is 0 Å². The van der Waals surface area contributed by atoms with Gasteiger partial charge in [0.25, 0.3) is 5.91 Å². The molecule has 0 aromatic heterocycles. The summed E-state index contributed by atoms with van der Waals surface area (Å²) in [4.78, 5) is 24.0. The molecule has 1 aromatic rings. The van der Waals surface area contributed by atoms with Crippen LogP contribution in [0.25, 0.3) is 0 Å². The van der Waals surface area contributed by atoms with E-state index in [1.54, 1.807) is 19.1 Å². The minimum atomic E-state index is -0.936. The molecule has 1 heterocycles. The number of nitrogens with one attached hydrogen (secondary N) is 1. The molecule has 2 rings (SSSR count). The fourth-order valence-corrected chi connectivity index (χ4v) is 2.08. The molecule has 1 unspecified atom stereocenters. The number of rotatable bonds is 6. The zero-order valence-corrected chi connectivity index (χ0v) is 13.5. The number of nitrogens with zero attached hydrogens (tertiary/aromatic N) is 2. The van der Waals surface area contributed by atoms with E-state index in [-0.39, 0.29) is 5.75 Å². The van der Waals surface area contributed by atoms with Crippen LogP contribution in [0.15, 0.2) is 23.3 Å². The van der Waals surface area contributed by atoms with Gasteiger partial charge in [0.15, 0.2) is 0 Å². The van der Waals surface area contributed by atoms with Crippen molar-refractivity contribution in [2.75, 3.05) is 6.61 Å². The summed E-state index contributed by atoms with van der Waals surface area (Å²) in [5.41, 5.74) is -0.548. The lowest BCUT2D eigenvalue weighted by Crippen LogP contribution is -2.42. The Kier molecular flexibility index (Phi) is 4.88. The Hall–Kier alpha value is -2.57. The molecule has 7 heteroatoms. The van der Waals surface area contributed by atoms with Crippen molar-refractivity contribution in [3.8, 4) is 11.5 Å². The summed E-state index contributed by atoms with van der Waals surface area (Å²) in [6.07, 6.45) is 2.61. The van der Waals surface area contributed by atoms with E-state index >= 15 is 0 Å². The van der Waals surface area contributed by atoms with Crippen molar-refractivity contribution in [1.29, 1.82) is 0 Å². The van der Waals surface area contributed by atoms with Crippen LogP contribution < -0.4 is 10.1 Å². The maximum absolute atomic E-state index is 12.2. The zero-order valence-electron chi connectivity index (χ0n) is 13.5. The minimum absolute atomic E-state index is 0.0346. The van der Waals surface area contributed by atoms with Crippen LogP contribution in [-0.2, 0) is 4.79 Å². The van der Waals surface area contributed by atoms with E-state index in [0.717, 1.165) is 11.4 Å². The van der Waals surface area contributed by atoms with Gasteiger partial charge < -0.3 is 15.2 Å². The number of ether oxygens (including phenoxy) is 1. The third-order valence-corrected chi connectivity index (χ3v) is 3.73. The maximum Gasteiger partial charge on any atom is 0.346 e. The smallest absolute Gasteiger partial charge is 0.346 e. The lowest BCUT2D eigenvalue weighted by Gasteiger charge is -2.17. The van der Waals surface area contributed by atoms with E-state index in [2.05, 4.69) is 10.4 Å². The molecular weight excluding hydrogens is 298 g/mol. The summed E-state index contributed by atoms with van der Waals surface area (Å²) in [6.45, 7) is 6.01. The molecule has 1 aromatic carbocycles. The van der Waals surface area contributed by atoms with Crippen molar-refractivity contribution in [3.63, 3.8) is 0 Å². The van der Waals surface area contributed by atoms with Gasteiger partial charge in [-0.2, -0.15) is 5.10 Å². The molecule has 1 saturated heterocycles. The third-order valence-electron chi connectivity index (χ3n) is 3.73. The Bertz CT molecular complexity index is 644. The lowest BCUT2D eigenvalue weighted by molar-refractivity contribution is -0.130. The van der Waals surface area contributed by atoms with E-state index in [1.165, 1.54) is 12.3 Å². The quantitative estimate of drug-likeness (QED) is 0.621. The highest BCUT2D eigenvalue weighted by Gasteiger charge is 2.46. The summed E-state index contributed by atoms with van der Waals surface area (Å²) in [5.74, 6) is 0.103. The number of carbonyl (C=O) groups is 2. The number of amides is 3. The summed E-state index contributed by atoms with van der Waals surface area (Å²) in [7, 11) is 0. The monoisotopic (exact) mass is 319 g/mol. The Balaban J connectivity index is 2.14. The second kappa shape index (κ2) is 6.68. The van der Waals surface area contributed by atoms with Gasteiger partial charge in [0.2, 0.25) is 0 Å². The van der Waals surface area contributed by atoms with Crippen LogP contribution >= 0.6 is 0 Å². The number of aromatic hydroxyl groups is 1. The highest BCUT2D eigenvalue weighted by Crippen LogP contribution is 2.24. The number of hydrogen-bond acceptors (Lipinski definition) is 5. The number of urea groups is 1. The van der Waals surface area contributed by atoms with Crippen LogP contribution in [0.1, 0.15) is 39.2 Å². The molecule has 1 fully saturated rings. The number of phenolic OH excluding ortho intramolecular Hbond substituents is 1. The average molecular weight is 319 g/mol. The van der Waals surface area contributed by atoms with Crippen molar-refractivity contribution < 1.29 is 19.4 Å². The Labute approximate surface area is 134 Å². The highest BCUT2D eigenvalue weighted by molar-refractivity contribution is 6.07. The number of hydrazone groups is 1. The Morgan fingerprint density at radius 3 is 2.70 bits per heavy atom. The van der Waals surface area contributed by atoms with E-state index in [4.69, 9.17) is 4.74 Å². The van der Waals surface area contributed by atoms with Gasteiger partial charge in [-0.3, -0.25) is 4.79 Å². The second-order valence-corrected chi connectivity index (χ2v) is 5.55. The van der Waals surface area contributed by atoms with E-state index in [9.17, 15) is 14.7 Å². The molecule has 2 N–H and O–H groups in total. The average Bonchev–Trinajstić information content (AvgIpc) is 2.75. The Morgan fingerprint density at radius 1 is 1.39 bits per heavy atom. The molecule has 0 radical (unpaired) electrons.